The van der Waals surface area contributed by atoms with Crippen LogP contribution < -0.4 is 11.1 Å². The summed E-state index contributed by atoms with van der Waals surface area (Å²) in [5.41, 5.74) is 7.62. The van der Waals surface area contributed by atoms with Crippen LogP contribution in [-0.2, 0) is 17.1 Å². The number of benzene rings is 1. The SMILES string of the molecule is CSCc1nc2ccccc2n1CC(=O)NCCC(C)N.Cl.Cl. The lowest BCUT2D eigenvalue weighted by molar-refractivity contribution is -0.121. The normalized spacial score (nSPS) is 11.4. The van der Waals surface area contributed by atoms with E-state index in [1.165, 1.54) is 0 Å². The Bertz CT molecular complexity index is 619. The van der Waals surface area contributed by atoms with Gasteiger partial charge in [0.25, 0.3) is 0 Å². The van der Waals surface area contributed by atoms with Crippen molar-refractivity contribution >= 4 is 53.5 Å². The first-order chi connectivity index (χ1) is 10.1. The van der Waals surface area contributed by atoms with Crippen molar-refractivity contribution in [2.45, 2.75) is 31.7 Å². The van der Waals surface area contributed by atoms with Gasteiger partial charge in [0.1, 0.15) is 12.4 Å². The summed E-state index contributed by atoms with van der Waals surface area (Å²) in [5.74, 6) is 1.73. The number of carbonyl (C=O) groups excluding carboxylic acids is 1. The van der Waals surface area contributed by atoms with Gasteiger partial charge in [-0.1, -0.05) is 12.1 Å². The van der Waals surface area contributed by atoms with Gasteiger partial charge in [-0.05, 0) is 31.7 Å². The average molecular weight is 379 g/mol. The molecule has 1 atom stereocenters. The Morgan fingerprint density at radius 2 is 2.09 bits per heavy atom. The third kappa shape index (κ3) is 6.22. The molecule has 0 saturated carbocycles. The second-order valence-electron chi connectivity index (χ2n) is 5.15. The maximum atomic E-state index is 12.1. The molecule has 0 radical (unpaired) electrons. The number of imidazole rings is 1. The Morgan fingerprint density at radius 3 is 2.74 bits per heavy atom. The summed E-state index contributed by atoms with van der Waals surface area (Å²) in [6.45, 7) is 2.85. The number of nitrogens with zero attached hydrogens (tertiary/aromatic N) is 2. The van der Waals surface area contributed by atoms with E-state index >= 15 is 0 Å². The molecule has 0 aliphatic heterocycles. The Hall–Kier alpha value is -0.950. The van der Waals surface area contributed by atoms with Crippen molar-refractivity contribution in [2.75, 3.05) is 12.8 Å². The highest BCUT2D eigenvalue weighted by Gasteiger charge is 2.12. The van der Waals surface area contributed by atoms with E-state index in [0.29, 0.717) is 13.1 Å². The molecule has 0 spiro atoms. The third-order valence-corrected chi connectivity index (χ3v) is 3.78. The summed E-state index contributed by atoms with van der Waals surface area (Å²) < 4.78 is 1.99. The van der Waals surface area contributed by atoms with Gasteiger partial charge in [0.15, 0.2) is 0 Å². The molecule has 0 saturated heterocycles. The average Bonchev–Trinajstić information content (AvgIpc) is 2.77. The smallest absolute Gasteiger partial charge is 0.240 e. The summed E-state index contributed by atoms with van der Waals surface area (Å²) in [6, 6.07) is 8.01. The van der Waals surface area contributed by atoms with Crippen molar-refractivity contribution < 1.29 is 4.79 Å². The van der Waals surface area contributed by atoms with Crippen molar-refractivity contribution in [1.29, 1.82) is 0 Å². The first-order valence-electron chi connectivity index (χ1n) is 7.07. The lowest BCUT2D eigenvalue weighted by atomic mass is 10.2. The van der Waals surface area contributed by atoms with Crippen LogP contribution in [0.4, 0.5) is 0 Å². The molecule has 0 fully saturated rings. The minimum atomic E-state index is 0. The van der Waals surface area contributed by atoms with Gasteiger partial charge in [-0.2, -0.15) is 11.8 Å². The van der Waals surface area contributed by atoms with Gasteiger partial charge in [-0.25, -0.2) is 4.98 Å². The fraction of sp³-hybridized carbons (Fsp3) is 0.467. The second-order valence-corrected chi connectivity index (χ2v) is 6.02. The van der Waals surface area contributed by atoms with Crippen LogP contribution in [0.2, 0.25) is 0 Å². The van der Waals surface area contributed by atoms with Crippen molar-refractivity contribution in [3.63, 3.8) is 0 Å². The van der Waals surface area contributed by atoms with Crippen LogP contribution in [0, 0.1) is 0 Å². The number of fused-ring (bicyclic) bond motifs is 1. The first-order valence-corrected chi connectivity index (χ1v) is 8.46. The molecular formula is C15H24Cl2N4OS. The van der Waals surface area contributed by atoms with Gasteiger partial charge in [0.05, 0.1) is 16.8 Å². The van der Waals surface area contributed by atoms with Crippen LogP contribution in [0.1, 0.15) is 19.2 Å². The topological polar surface area (TPSA) is 72.9 Å². The van der Waals surface area contributed by atoms with Crippen LogP contribution in [0.15, 0.2) is 24.3 Å². The minimum absolute atomic E-state index is 0. The highest BCUT2D eigenvalue weighted by molar-refractivity contribution is 7.97. The quantitative estimate of drug-likeness (QED) is 0.776. The molecule has 3 N–H and O–H groups in total. The van der Waals surface area contributed by atoms with Crippen LogP contribution in [-0.4, -0.2) is 34.3 Å². The molecule has 1 amide bonds. The molecule has 2 aromatic rings. The molecule has 0 bridgehead atoms. The standard InChI is InChI=1S/C15H22N4OS.2ClH/c1-11(16)7-8-17-15(20)9-19-13-6-4-3-5-12(13)18-14(19)10-21-2;;/h3-6,11H,7-10,16H2,1-2H3,(H,17,20);2*1H. The molecule has 2 rings (SSSR count). The summed E-state index contributed by atoms with van der Waals surface area (Å²) in [4.78, 5) is 16.7. The summed E-state index contributed by atoms with van der Waals surface area (Å²) in [7, 11) is 0. The van der Waals surface area contributed by atoms with Gasteiger partial charge in [-0.15, -0.1) is 24.8 Å². The summed E-state index contributed by atoms with van der Waals surface area (Å²) in [5, 5.41) is 2.91. The number of amides is 1. The number of rotatable bonds is 7. The number of hydrogen-bond donors (Lipinski definition) is 2. The molecule has 130 valence electrons. The molecule has 5 nitrogen and oxygen atoms in total. The molecule has 0 aliphatic rings. The lowest BCUT2D eigenvalue weighted by Crippen LogP contribution is -2.31. The van der Waals surface area contributed by atoms with Gasteiger partial charge >= 0.3 is 0 Å². The van der Waals surface area contributed by atoms with Crippen molar-refractivity contribution in [3.8, 4) is 0 Å². The number of aromatic nitrogens is 2. The molecule has 1 heterocycles. The first kappa shape index (κ1) is 22.1. The Labute approximate surface area is 153 Å². The maximum absolute atomic E-state index is 12.1. The number of thioether (sulfide) groups is 1. The summed E-state index contributed by atoms with van der Waals surface area (Å²) >= 11 is 1.70. The van der Waals surface area contributed by atoms with Gasteiger partial charge in [-0.3, -0.25) is 4.79 Å². The van der Waals surface area contributed by atoms with Crippen LogP contribution in [0.25, 0.3) is 11.0 Å². The fourth-order valence-electron chi connectivity index (χ4n) is 2.18. The molecule has 23 heavy (non-hydrogen) atoms. The largest absolute Gasteiger partial charge is 0.354 e. The van der Waals surface area contributed by atoms with Gasteiger partial charge in [0.2, 0.25) is 5.91 Å². The number of nitrogens with two attached hydrogens (primary N) is 1. The molecule has 1 unspecified atom stereocenters. The van der Waals surface area contributed by atoms with Crippen molar-refractivity contribution in [3.05, 3.63) is 30.1 Å². The second kappa shape index (κ2) is 10.8. The van der Waals surface area contributed by atoms with Crippen molar-refractivity contribution in [1.82, 2.24) is 14.9 Å². The zero-order valence-corrected chi connectivity index (χ0v) is 15.8. The summed E-state index contributed by atoms with van der Waals surface area (Å²) in [6.07, 6.45) is 2.82. The predicted molar refractivity (Wildman–Crippen MR) is 103 cm³/mol. The molecule has 1 aromatic heterocycles. The molecule has 0 aliphatic carbocycles. The minimum Gasteiger partial charge on any atom is -0.354 e. The highest BCUT2D eigenvalue weighted by atomic mass is 35.5. The zero-order valence-electron chi connectivity index (χ0n) is 13.3. The Balaban J connectivity index is 0.00000242. The third-order valence-electron chi connectivity index (χ3n) is 3.23. The monoisotopic (exact) mass is 378 g/mol. The molecular weight excluding hydrogens is 355 g/mol. The van der Waals surface area contributed by atoms with Crippen LogP contribution in [0.5, 0.6) is 0 Å². The Kier molecular flexibility index (Phi) is 10.3. The Morgan fingerprint density at radius 1 is 1.39 bits per heavy atom. The molecule has 8 heteroatoms. The van der Waals surface area contributed by atoms with E-state index in [4.69, 9.17) is 5.73 Å². The van der Waals surface area contributed by atoms with Crippen LogP contribution >= 0.6 is 36.6 Å². The predicted octanol–water partition coefficient (Wildman–Crippen LogP) is 2.60. The number of nitrogens with one attached hydrogen (secondary N) is 1. The lowest BCUT2D eigenvalue weighted by Gasteiger charge is -2.10. The van der Waals surface area contributed by atoms with E-state index < -0.39 is 0 Å². The molecule has 1 aromatic carbocycles. The van der Waals surface area contributed by atoms with E-state index in [1.807, 2.05) is 42.0 Å². The number of halogens is 2. The van der Waals surface area contributed by atoms with E-state index in [1.54, 1.807) is 11.8 Å². The van der Waals surface area contributed by atoms with Crippen LogP contribution in [0.3, 0.4) is 0 Å². The zero-order chi connectivity index (χ0) is 15.2. The van der Waals surface area contributed by atoms with E-state index in [2.05, 4.69) is 10.3 Å². The van der Waals surface area contributed by atoms with Gasteiger partial charge < -0.3 is 15.6 Å². The number of para-hydroxylation sites is 2. The van der Waals surface area contributed by atoms with E-state index in [0.717, 1.165) is 29.0 Å². The number of carbonyl (C=O) groups is 1. The van der Waals surface area contributed by atoms with Crippen molar-refractivity contribution in [2.24, 2.45) is 5.73 Å². The van der Waals surface area contributed by atoms with E-state index in [-0.39, 0.29) is 36.8 Å². The highest BCUT2D eigenvalue weighted by Crippen LogP contribution is 2.18. The van der Waals surface area contributed by atoms with Gasteiger partial charge in [0, 0.05) is 12.6 Å². The van der Waals surface area contributed by atoms with E-state index in [9.17, 15) is 4.79 Å². The maximum Gasteiger partial charge on any atom is 0.240 e. The number of hydrogen-bond acceptors (Lipinski definition) is 4. The fourth-order valence-corrected chi connectivity index (χ4v) is 2.66.